The Balaban J connectivity index is 1.72. The first-order valence-corrected chi connectivity index (χ1v) is 7.63. The van der Waals surface area contributed by atoms with Crippen molar-refractivity contribution >= 4 is 5.91 Å². The number of nitrogens with zero attached hydrogens (tertiary/aromatic N) is 2. The molecule has 2 N–H and O–H groups in total. The number of hydrogen-bond acceptors (Lipinski definition) is 4. The fourth-order valence-electron chi connectivity index (χ4n) is 2.93. The van der Waals surface area contributed by atoms with Gasteiger partial charge in [-0.05, 0) is 31.4 Å². The number of aromatic amines is 1. The Labute approximate surface area is 133 Å². The molecule has 1 aliphatic heterocycles. The lowest BCUT2D eigenvalue weighted by Gasteiger charge is -2.30. The molecule has 0 radical (unpaired) electrons. The molecule has 23 heavy (non-hydrogen) atoms. The molecule has 1 aliphatic rings. The second-order valence-corrected chi connectivity index (χ2v) is 5.85. The number of H-pyrrole nitrogens is 1. The summed E-state index contributed by atoms with van der Waals surface area (Å²) >= 11 is 0. The minimum absolute atomic E-state index is 0.0323. The van der Waals surface area contributed by atoms with Gasteiger partial charge in [0.15, 0.2) is 0 Å². The van der Waals surface area contributed by atoms with Gasteiger partial charge in [0.1, 0.15) is 11.7 Å². The predicted octanol–water partition coefficient (Wildman–Crippen LogP) is 1.07. The maximum atomic E-state index is 12.4. The molecule has 0 spiro atoms. The lowest BCUT2D eigenvalue weighted by molar-refractivity contribution is -0.00303. The van der Waals surface area contributed by atoms with Crippen LogP contribution in [0.1, 0.15) is 40.6 Å². The normalized spacial score (nSPS) is 21.1. The lowest BCUT2D eigenvalue weighted by Crippen LogP contribution is -2.42. The van der Waals surface area contributed by atoms with Crippen molar-refractivity contribution in [1.29, 1.82) is 0 Å². The molecular weight excluding hydrogens is 296 g/mol. The topological polar surface area (TPSA) is 89.0 Å². The molecule has 0 aromatic carbocycles. The predicted molar refractivity (Wildman–Crippen MR) is 84.2 cm³/mol. The van der Waals surface area contributed by atoms with Crippen LogP contribution in [0, 0.1) is 6.92 Å². The zero-order valence-corrected chi connectivity index (χ0v) is 13.2. The van der Waals surface area contributed by atoms with Crippen molar-refractivity contribution < 1.29 is 9.53 Å². The highest BCUT2D eigenvalue weighted by Crippen LogP contribution is 2.27. The summed E-state index contributed by atoms with van der Waals surface area (Å²) in [5.74, 6) is -0.333. The van der Waals surface area contributed by atoms with E-state index in [1.165, 1.54) is 0 Å². The van der Waals surface area contributed by atoms with Crippen molar-refractivity contribution in [3.05, 3.63) is 52.0 Å². The first kappa shape index (κ1) is 15.5. The van der Waals surface area contributed by atoms with Crippen LogP contribution in [-0.4, -0.2) is 33.1 Å². The average Bonchev–Trinajstić information content (AvgIpc) is 2.93. The van der Waals surface area contributed by atoms with Crippen molar-refractivity contribution in [1.82, 2.24) is 19.9 Å². The van der Waals surface area contributed by atoms with Crippen molar-refractivity contribution in [2.45, 2.75) is 31.9 Å². The standard InChI is InChI=1S/C16H20N4O3/c1-10-3-5-18-15(21)14(10)16(22)19-11-4-6-23-13(7-11)12-8-17-9-20(12)2/h3,5,8-9,11,13H,4,6-7H2,1-2H3,(H,18,21)(H,19,22)/t11-,13+/m0/s1. The van der Waals surface area contributed by atoms with Crippen LogP contribution in [0.15, 0.2) is 29.6 Å². The quantitative estimate of drug-likeness (QED) is 0.886. The Morgan fingerprint density at radius 2 is 2.35 bits per heavy atom. The van der Waals surface area contributed by atoms with Gasteiger partial charge in [0.05, 0.1) is 18.2 Å². The van der Waals surface area contributed by atoms with E-state index in [1.54, 1.807) is 31.7 Å². The third kappa shape index (κ3) is 3.19. The number of aryl methyl sites for hydroxylation is 2. The summed E-state index contributed by atoms with van der Waals surface area (Å²) < 4.78 is 7.71. The van der Waals surface area contributed by atoms with E-state index in [4.69, 9.17) is 4.74 Å². The van der Waals surface area contributed by atoms with E-state index in [0.717, 1.165) is 12.1 Å². The molecule has 2 atom stereocenters. The number of aromatic nitrogens is 3. The minimum Gasteiger partial charge on any atom is -0.372 e. The molecule has 2 aromatic rings. The number of carbonyl (C=O) groups excluding carboxylic acids is 1. The number of amides is 1. The van der Waals surface area contributed by atoms with Crippen LogP contribution in [-0.2, 0) is 11.8 Å². The van der Waals surface area contributed by atoms with Crippen LogP contribution in [0.3, 0.4) is 0 Å². The fraction of sp³-hybridized carbons (Fsp3) is 0.438. The van der Waals surface area contributed by atoms with Crippen LogP contribution in [0.4, 0.5) is 0 Å². The highest BCUT2D eigenvalue weighted by atomic mass is 16.5. The minimum atomic E-state index is -0.363. The Morgan fingerprint density at radius 3 is 3.04 bits per heavy atom. The van der Waals surface area contributed by atoms with Gasteiger partial charge in [0, 0.05) is 25.9 Å². The summed E-state index contributed by atoms with van der Waals surface area (Å²) in [6.45, 7) is 2.32. The maximum absolute atomic E-state index is 12.4. The van der Waals surface area contributed by atoms with E-state index in [2.05, 4.69) is 15.3 Å². The molecular formula is C16H20N4O3. The molecule has 1 fully saturated rings. The van der Waals surface area contributed by atoms with Crippen molar-refractivity contribution in [3.63, 3.8) is 0 Å². The van der Waals surface area contributed by atoms with Gasteiger partial charge in [0.2, 0.25) is 0 Å². The highest BCUT2D eigenvalue weighted by molar-refractivity contribution is 5.95. The van der Waals surface area contributed by atoms with Gasteiger partial charge in [-0.25, -0.2) is 4.98 Å². The Morgan fingerprint density at radius 1 is 1.52 bits per heavy atom. The average molecular weight is 316 g/mol. The molecule has 3 heterocycles. The van der Waals surface area contributed by atoms with Gasteiger partial charge in [-0.15, -0.1) is 0 Å². The summed E-state index contributed by atoms with van der Waals surface area (Å²) in [7, 11) is 1.92. The van der Waals surface area contributed by atoms with Gasteiger partial charge >= 0.3 is 0 Å². The molecule has 0 unspecified atom stereocenters. The summed E-state index contributed by atoms with van der Waals surface area (Å²) in [4.78, 5) is 30.9. The molecule has 0 bridgehead atoms. The summed E-state index contributed by atoms with van der Waals surface area (Å²) in [6, 6.07) is 1.69. The Hall–Kier alpha value is -2.41. The molecule has 122 valence electrons. The lowest BCUT2D eigenvalue weighted by atomic mass is 10.0. The van der Waals surface area contributed by atoms with E-state index >= 15 is 0 Å². The smallest absolute Gasteiger partial charge is 0.261 e. The number of nitrogens with one attached hydrogen (secondary N) is 2. The third-order valence-electron chi connectivity index (χ3n) is 4.20. The zero-order chi connectivity index (χ0) is 16.4. The number of hydrogen-bond donors (Lipinski definition) is 2. The number of carbonyl (C=O) groups is 1. The van der Waals surface area contributed by atoms with E-state index in [1.807, 2.05) is 11.6 Å². The van der Waals surface area contributed by atoms with Crippen LogP contribution in [0.5, 0.6) is 0 Å². The van der Waals surface area contributed by atoms with E-state index < -0.39 is 0 Å². The number of rotatable bonds is 3. The molecule has 0 saturated carbocycles. The molecule has 2 aromatic heterocycles. The van der Waals surface area contributed by atoms with E-state index in [-0.39, 0.29) is 29.2 Å². The summed E-state index contributed by atoms with van der Waals surface area (Å²) in [5, 5.41) is 2.96. The Kier molecular flexibility index (Phi) is 4.29. The van der Waals surface area contributed by atoms with Gasteiger partial charge in [-0.1, -0.05) is 0 Å². The molecule has 0 aliphatic carbocycles. The fourth-order valence-corrected chi connectivity index (χ4v) is 2.93. The molecule has 7 heteroatoms. The van der Waals surface area contributed by atoms with Crippen molar-refractivity contribution in [2.75, 3.05) is 6.61 Å². The maximum Gasteiger partial charge on any atom is 0.261 e. The second-order valence-electron chi connectivity index (χ2n) is 5.85. The molecule has 3 rings (SSSR count). The van der Waals surface area contributed by atoms with Crippen molar-refractivity contribution in [2.24, 2.45) is 7.05 Å². The summed E-state index contributed by atoms with van der Waals surface area (Å²) in [6.07, 6.45) is 6.34. The van der Waals surface area contributed by atoms with Gasteiger partial charge in [-0.2, -0.15) is 0 Å². The van der Waals surface area contributed by atoms with Crippen LogP contribution >= 0.6 is 0 Å². The van der Waals surface area contributed by atoms with Gasteiger partial charge in [-0.3, -0.25) is 9.59 Å². The number of ether oxygens (including phenoxy) is 1. The first-order valence-electron chi connectivity index (χ1n) is 7.63. The monoisotopic (exact) mass is 316 g/mol. The van der Waals surface area contributed by atoms with E-state index in [0.29, 0.717) is 18.6 Å². The van der Waals surface area contributed by atoms with Crippen LogP contribution in [0.25, 0.3) is 0 Å². The SMILES string of the molecule is Cc1cc[nH]c(=O)c1C(=O)N[C@H]1CCO[C@@H](c2cncn2C)C1. The van der Waals surface area contributed by atoms with Crippen molar-refractivity contribution in [3.8, 4) is 0 Å². The summed E-state index contributed by atoms with van der Waals surface area (Å²) in [5.41, 5.74) is 1.47. The molecule has 1 saturated heterocycles. The largest absolute Gasteiger partial charge is 0.372 e. The van der Waals surface area contributed by atoms with Gasteiger partial charge in [0.25, 0.3) is 11.5 Å². The second kappa shape index (κ2) is 6.37. The van der Waals surface area contributed by atoms with Crippen LogP contribution in [0.2, 0.25) is 0 Å². The first-order chi connectivity index (χ1) is 11.1. The van der Waals surface area contributed by atoms with Crippen LogP contribution < -0.4 is 10.9 Å². The Bertz CT molecular complexity index is 765. The number of imidazole rings is 1. The zero-order valence-electron chi connectivity index (χ0n) is 13.2. The van der Waals surface area contributed by atoms with Gasteiger partial charge < -0.3 is 19.6 Å². The third-order valence-corrected chi connectivity index (χ3v) is 4.20. The highest BCUT2D eigenvalue weighted by Gasteiger charge is 2.27. The number of pyridine rings is 1. The molecule has 1 amide bonds. The molecule has 7 nitrogen and oxygen atoms in total. The van der Waals surface area contributed by atoms with E-state index in [9.17, 15) is 9.59 Å².